The fraction of sp³-hybridized carbons (Fsp3) is 0.222. The Labute approximate surface area is 167 Å². The number of benzene rings is 2. The van der Waals surface area contributed by atoms with Gasteiger partial charge in [0.15, 0.2) is 0 Å². The average Bonchev–Trinajstić information content (AvgIpc) is 2.62. The first-order chi connectivity index (χ1) is 12.4. The van der Waals surface area contributed by atoms with Crippen LogP contribution in [-0.2, 0) is 4.74 Å². The maximum absolute atomic E-state index is 12.2. The van der Waals surface area contributed by atoms with Gasteiger partial charge in [0, 0.05) is 22.3 Å². The van der Waals surface area contributed by atoms with Crippen molar-refractivity contribution >= 4 is 43.6 Å². The van der Waals surface area contributed by atoms with E-state index in [-0.39, 0.29) is 12.4 Å². The van der Waals surface area contributed by atoms with E-state index in [1.165, 1.54) is 0 Å². The Morgan fingerprint density at radius 3 is 2.58 bits per heavy atom. The smallest absolute Gasteiger partial charge is 0.412 e. The Morgan fingerprint density at radius 2 is 1.96 bits per heavy atom. The van der Waals surface area contributed by atoms with Crippen LogP contribution in [0.4, 0.5) is 10.5 Å². The zero-order valence-corrected chi connectivity index (χ0v) is 16.7. The first kappa shape index (κ1) is 20.2. The second-order valence-electron chi connectivity index (χ2n) is 5.40. The van der Waals surface area contributed by atoms with E-state index >= 15 is 0 Å². The molecule has 2 aromatic rings. The number of ether oxygens (including phenoxy) is 1. The Hall–Kier alpha value is -2.08. The van der Waals surface area contributed by atoms with Gasteiger partial charge >= 0.3 is 6.09 Å². The van der Waals surface area contributed by atoms with Crippen molar-refractivity contribution in [3.63, 3.8) is 0 Å². The van der Waals surface area contributed by atoms with E-state index in [0.29, 0.717) is 38.6 Å². The van der Waals surface area contributed by atoms with Crippen molar-refractivity contribution in [2.45, 2.75) is 18.9 Å². The number of aliphatic hydroxyl groups excluding tert-OH is 1. The Bertz CT molecular complexity index is 819. The summed E-state index contributed by atoms with van der Waals surface area (Å²) in [6, 6.07) is 11.7. The number of hydrogen-bond donors (Lipinski definition) is 3. The van der Waals surface area contributed by atoms with Gasteiger partial charge < -0.3 is 14.9 Å². The molecule has 0 spiro atoms. The van der Waals surface area contributed by atoms with Gasteiger partial charge in [-0.25, -0.2) is 4.79 Å². The zero-order chi connectivity index (χ0) is 19.1. The molecule has 2 rings (SSSR count). The van der Waals surface area contributed by atoms with Crippen molar-refractivity contribution < 1.29 is 19.7 Å². The molecule has 0 fully saturated rings. The molecule has 0 unspecified atom stereocenters. The number of carbonyl (C=O) groups excluding carboxylic acids is 1. The summed E-state index contributed by atoms with van der Waals surface area (Å²) in [5.41, 5.74) is 1.39. The molecule has 0 aromatic heterocycles. The molecule has 26 heavy (non-hydrogen) atoms. The predicted octanol–water partition coefficient (Wildman–Crippen LogP) is 4.85. The van der Waals surface area contributed by atoms with Gasteiger partial charge in [0.05, 0.1) is 16.1 Å². The van der Waals surface area contributed by atoms with Crippen LogP contribution >= 0.6 is 31.9 Å². The van der Waals surface area contributed by atoms with Crippen molar-refractivity contribution in [3.8, 4) is 11.8 Å². The third-order valence-electron chi connectivity index (χ3n) is 3.54. The fourth-order valence-electron chi connectivity index (χ4n) is 2.29. The van der Waals surface area contributed by atoms with Gasteiger partial charge in [0.2, 0.25) is 0 Å². The number of carbonyl (C=O) groups is 1. The molecule has 8 heteroatoms. The Morgan fingerprint density at radius 1 is 1.27 bits per heavy atom. The lowest BCUT2D eigenvalue weighted by molar-refractivity contribution is 0.0979. The summed E-state index contributed by atoms with van der Waals surface area (Å²) in [5, 5.41) is 30.8. The molecule has 0 radical (unpaired) electrons. The number of nitrogens with one attached hydrogen (secondary N) is 1. The second kappa shape index (κ2) is 9.57. The van der Waals surface area contributed by atoms with Crippen molar-refractivity contribution in [1.82, 2.24) is 0 Å². The molecule has 2 aromatic carbocycles. The lowest BCUT2D eigenvalue weighted by atomic mass is 10.0. The van der Waals surface area contributed by atoms with Crippen LogP contribution in [0.2, 0.25) is 0 Å². The summed E-state index contributed by atoms with van der Waals surface area (Å²) in [4.78, 5) is 12.2. The molecule has 136 valence electrons. The zero-order valence-electron chi connectivity index (χ0n) is 13.6. The van der Waals surface area contributed by atoms with Gasteiger partial charge in [-0.2, -0.15) is 5.26 Å². The maximum Gasteiger partial charge on any atom is 0.412 e. The number of amides is 1. The largest absolute Gasteiger partial charge is 0.506 e. The minimum absolute atomic E-state index is 0.0256. The lowest BCUT2D eigenvalue weighted by Crippen LogP contribution is -2.18. The molecule has 3 N–H and O–H groups in total. The van der Waals surface area contributed by atoms with E-state index < -0.39 is 12.2 Å². The molecule has 0 aliphatic carbocycles. The van der Waals surface area contributed by atoms with Crippen LogP contribution in [0.5, 0.6) is 5.75 Å². The number of nitriles is 1. The number of anilines is 1. The van der Waals surface area contributed by atoms with Gasteiger partial charge in [-0.1, -0.05) is 15.9 Å². The summed E-state index contributed by atoms with van der Waals surface area (Å²) < 4.78 is 6.64. The highest BCUT2D eigenvalue weighted by Crippen LogP contribution is 2.38. The van der Waals surface area contributed by atoms with Crippen LogP contribution < -0.4 is 5.32 Å². The number of nitrogens with zero attached hydrogens (tertiary/aromatic N) is 1. The predicted molar refractivity (Wildman–Crippen MR) is 104 cm³/mol. The standard InChI is InChI=1S/C18H16Br2N2O4/c19-12-8-14(17(24)15(20)9-12)16(2-1-7-23)26-18(25)22-13-5-3-11(10-21)4-6-13/h3-6,8-9,16,23-24H,1-2,7H2,(H,22,25)/t16-/m1/s1. The van der Waals surface area contributed by atoms with Crippen LogP contribution in [0.25, 0.3) is 0 Å². The fourth-order valence-corrected chi connectivity index (χ4v) is 3.55. The molecule has 1 amide bonds. The van der Waals surface area contributed by atoms with E-state index in [9.17, 15) is 9.90 Å². The first-order valence-corrected chi connectivity index (χ1v) is 9.29. The van der Waals surface area contributed by atoms with Crippen molar-refractivity contribution in [2.75, 3.05) is 11.9 Å². The quantitative estimate of drug-likeness (QED) is 0.544. The van der Waals surface area contributed by atoms with E-state index in [1.807, 2.05) is 6.07 Å². The summed E-state index contributed by atoms with van der Waals surface area (Å²) in [6.45, 7) is -0.0625. The van der Waals surface area contributed by atoms with E-state index in [1.54, 1.807) is 36.4 Å². The minimum Gasteiger partial charge on any atom is -0.506 e. The summed E-state index contributed by atoms with van der Waals surface area (Å²) in [5.74, 6) is -0.0256. The van der Waals surface area contributed by atoms with Crippen molar-refractivity contribution in [1.29, 1.82) is 5.26 Å². The molecule has 1 atom stereocenters. The third kappa shape index (κ3) is 5.46. The van der Waals surface area contributed by atoms with Gasteiger partial charge in [0.25, 0.3) is 0 Å². The molecule has 0 saturated carbocycles. The monoisotopic (exact) mass is 482 g/mol. The number of phenols is 1. The Kier molecular flexibility index (Phi) is 7.45. The normalized spacial score (nSPS) is 11.5. The number of phenolic OH excluding ortho intramolecular Hbond substituents is 1. The lowest BCUT2D eigenvalue weighted by Gasteiger charge is -2.20. The van der Waals surface area contributed by atoms with Crippen LogP contribution in [0.1, 0.15) is 30.1 Å². The van der Waals surface area contributed by atoms with Crippen LogP contribution in [0, 0.1) is 11.3 Å². The van der Waals surface area contributed by atoms with Crippen LogP contribution in [0.3, 0.4) is 0 Å². The van der Waals surface area contributed by atoms with E-state index in [4.69, 9.17) is 15.1 Å². The summed E-state index contributed by atoms with van der Waals surface area (Å²) in [7, 11) is 0. The molecule has 0 bridgehead atoms. The average molecular weight is 484 g/mol. The molecule has 0 heterocycles. The number of aliphatic hydroxyl groups is 1. The van der Waals surface area contributed by atoms with Crippen LogP contribution in [0.15, 0.2) is 45.3 Å². The molecule has 6 nitrogen and oxygen atoms in total. The van der Waals surface area contributed by atoms with E-state index in [2.05, 4.69) is 37.2 Å². The third-order valence-corrected chi connectivity index (χ3v) is 4.60. The molecule has 0 aliphatic rings. The number of rotatable bonds is 6. The summed E-state index contributed by atoms with van der Waals surface area (Å²) >= 11 is 6.60. The number of halogens is 2. The first-order valence-electron chi connectivity index (χ1n) is 7.71. The maximum atomic E-state index is 12.2. The highest BCUT2D eigenvalue weighted by atomic mass is 79.9. The number of aromatic hydroxyl groups is 1. The second-order valence-corrected chi connectivity index (χ2v) is 7.17. The topological polar surface area (TPSA) is 103 Å². The minimum atomic E-state index is -0.741. The number of hydrogen-bond acceptors (Lipinski definition) is 5. The Balaban J connectivity index is 2.16. The van der Waals surface area contributed by atoms with Gasteiger partial charge in [-0.3, -0.25) is 5.32 Å². The van der Waals surface area contributed by atoms with Gasteiger partial charge in [-0.15, -0.1) is 0 Å². The molecule has 0 saturated heterocycles. The SMILES string of the molecule is N#Cc1ccc(NC(=O)O[C@H](CCCO)c2cc(Br)cc(Br)c2O)cc1. The van der Waals surface area contributed by atoms with Crippen molar-refractivity contribution in [2.24, 2.45) is 0 Å². The van der Waals surface area contributed by atoms with Gasteiger partial charge in [0.1, 0.15) is 11.9 Å². The highest BCUT2D eigenvalue weighted by molar-refractivity contribution is 9.11. The van der Waals surface area contributed by atoms with Crippen LogP contribution in [-0.4, -0.2) is 22.9 Å². The van der Waals surface area contributed by atoms with E-state index in [0.717, 1.165) is 0 Å². The molecular formula is C18H16Br2N2O4. The highest BCUT2D eigenvalue weighted by Gasteiger charge is 2.22. The summed E-state index contributed by atoms with van der Waals surface area (Å²) in [6.07, 6.45) is -0.700. The molecule has 0 aliphatic heterocycles. The van der Waals surface area contributed by atoms with Gasteiger partial charge in [-0.05, 0) is 65.2 Å². The molecular weight excluding hydrogens is 468 g/mol. The van der Waals surface area contributed by atoms with Crippen molar-refractivity contribution in [3.05, 3.63) is 56.5 Å².